The predicted molar refractivity (Wildman–Crippen MR) is 151 cm³/mol. The number of aliphatic hydroxyl groups is 2. The predicted octanol–water partition coefficient (Wildman–Crippen LogP) is 7.67. The zero-order valence-electron chi connectivity index (χ0n) is 23.7. The van der Waals surface area contributed by atoms with Crippen LogP contribution in [0.25, 0.3) is 0 Å². The molecule has 0 aromatic heterocycles. The minimum Gasteiger partial charge on any atom is -0.481 e. The van der Waals surface area contributed by atoms with Gasteiger partial charge < -0.3 is 15.3 Å². The lowest BCUT2D eigenvalue weighted by Gasteiger charge is -2.64. The number of allylic oxidation sites excluding steroid dienone is 2. The van der Waals surface area contributed by atoms with Crippen LogP contribution >= 0.6 is 0 Å². The lowest BCUT2D eigenvalue weighted by molar-refractivity contribution is -0.136. The monoisotopic (exact) mass is 514 g/mol. The van der Waals surface area contributed by atoms with E-state index in [1.807, 2.05) is 0 Å². The van der Waals surface area contributed by atoms with Gasteiger partial charge >= 0.3 is 5.97 Å². The van der Waals surface area contributed by atoms with Gasteiger partial charge in [0.25, 0.3) is 0 Å². The van der Waals surface area contributed by atoms with E-state index in [0.717, 1.165) is 38.5 Å². The maximum absolute atomic E-state index is 11.3. The Morgan fingerprint density at radius 2 is 1.73 bits per heavy atom. The van der Waals surface area contributed by atoms with Crippen molar-refractivity contribution in [2.24, 2.45) is 29.1 Å². The highest BCUT2D eigenvalue weighted by molar-refractivity contribution is 5.66. The van der Waals surface area contributed by atoms with E-state index in [1.165, 1.54) is 76.2 Å². The quantitative estimate of drug-likeness (QED) is 0.126. The molecule has 0 radical (unpaired) electrons. The summed E-state index contributed by atoms with van der Waals surface area (Å²) in [5.41, 5.74) is 1.54. The third-order valence-electron chi connectivity index (χ3n) is 9.80. The van der Waals surface area contributed by atoms with Crippen molar-refractivity contribution in [1.29, 1.82) is 0 Å². The van der Waals surface area contributed by atoms with E-state index in [0.29, 0.717) is 18.3 Å². The maximum atomic E-state index is 11.3. The molecule has 0 spiro atoms. The summed E-state index contributed by atoms with van der Waals surface area (Å²) in [6.07, 6.45) is 21.5. The average Bonchev–Trinajstić information content (AvgIpc) is 2.90. The van der Waals surface area contributed by atoms with Crippen molar-refractivity contribution in [3.8, 4) is 11.8 Å². The van der Waals surface area contributed by atoms with Crippen molar-refractivity contribution in [1.82, 2.24) is 0 Å². The molecular weight excluding hydrogens is 460 g/mol. The number of fused-ring (bicyclic) bond motifs is 1. The average molecular weight is 515 g/mol. The van der Waals surface area contributed by atoms with E-state index in [-0.39, 0.29) is 23.7 Å². The van der Waals surface area contributed by atoms with E-state index in [2.05, 4.69) is 31.8 Å². The molecule has 2 unspecified atom stereocenters. The Kier molecular flexibility index (Phi) is 12.5. The van der Waals surface area contributed by atoms with E-state index in [1.54, 1.807) is 0 Å². The molecule has 37 heavy (non-hydrogen) atoms. The van der Waals surface area contributed by atoms with Gasteiger partial charge in [-0.2, -0.15) is 0 Å². The molecule has 3 rings (SSSR count). The van der Waals surface area contributed by atoms with Gasteiger partial charge in [-0.1, -0.05) is 108 Å². The maximum Gasteiger partial charge on any atom is 0.303 e. The minimum absolute atomic E-state index is 0.0516. The molecular formula is C33H54O4. The normalized spacial score (nSPS) is 31.7. The Hall–Kier alpha value is -1.31. The standard InChI is InChI=1S/C33H54O4/c1-3-5-7-12-17-26-28(18-14-19-31(36)37)33(23-13-8-6-4-2)24-22-30(35)27(32(26)33)20-21-29(34)25-15-10-9-11-16-25/h18,25-27,29-30,32,34-35H,3-17,19,22-24H2,1-2H3,(H,36,37)/t26?,27-,29?,30+,32+,33+/m1/s1. The third kappa shape index (κ3) is 7.86. The summed E-state index contributed by atoms with van der Waals surface area (Å²) in [5, 5.41) is 31.4. The molecule has 3 aliphatic carbocycles. The fourth-order valence-electron chi connectivity index (χ4n) is 7.84. The van der Waals surface area contributed by atoms with Crippen LogP contribution in [0, 0.1) is 40.9 Å². The smallest absolute Gasteiger partial charge is 0.303 e. The Labute approximate surface area is 226 Å². The number of carboxylic acid groups (broad SMARTS) is 1. The first kappa shape index (κ1) is 30.2. The van der Waals surface area contributed by atoms with Gasteiger partial charge in [0.05, 0.1) is 12.0 Å². The van der Waals surface area contributed by atoms with Crippen LogP contribution in [0.4, 0.5) is 0 Å². The van der Waals surface area contributed by atoms with Crippen LogP contribution in [0.3, 0.4) is 0 Å². The van der Waals surface area contributed by atoms with E-state index in [9.17, 15) is 20.1 Å². The lowest BCUT2D eigenvalue weighted by atomic mass is 9.40. The highest BCUT2D eigenvalue weighted by Gasteiger charge is 2.61. The molecule has 0 aromatic carbocycles. The molecule has 3 N–H and O–H groups in total. The van der Waals surface area contributed by atoms with Gasteiger partial charge in [-0.05, 0) is 68.1 Å². The zero-order chi connectivity index (χ0) is 26.7. The van der Waals surface area contributed by atoms with Gasteiger partial charge in [-0.3, -0.25) is 4.79 Å². The fourth-order valence-corrected chi connectivity index (χ4v) is 7.84. The van der Waals surface area contributed by atoms with Crippen LogP contribution in [-0.2, 0) is 4.79 Å². The van der Waals surface area contributed by atoms with E-state index in [4.69, 9.17) is 0 Å². The molecule has 3 aliphatic rings. The second-order valence-corrected chi connectivity index (χ2v) is 12.3. The van der Waals surface area contributed by atoms with Crippen molar-refractivity contribution in [2.75, 3.05) is 0 Å². The van der Waals surface area contributed by atoms with Crippen molar-refractivity contribution in [3.63, 3.8) is 0 Å². The summed E-state index contributed by atoms with van der Waals surface area (Å²) in [6.45, 7) is 4.48. The molecule has 0 heterocycles. The first-order valence-electron chi connectivity index (χ1n) is 15.7. The molecule has 210 valence electrons. The molecule has 0 aromatic rings. The zero-order valence-corrected chi connectivity index (χ0v) is 23.7. The summed E-state index contributed by atoms with van der Waals surface area (Å²) >= 11 is 0. The largest absolute Gasteiger partial charge is 0.481 e. The molecule has 6 atom stereocenters. The Bertz CT molecular complexity index is 786. The van der Waals surface area contributed by atoms with Gasteiger partial charge in [-0.25, -0.2) is 0 Å². The minimum atomic E-state index is -0.733. The lowest BCUT2D eigenvalue weighted by Crippen LogP contribution is -2.59. The van der Waals surface area contributed by atoms with E-state index < -0.39 is 18.2 Å². The number of carbonyl (C=O) groups is 1. The second-order valence-electron chi connectivity index (χ2n) is 12.3. The highest BCUT2D eigenvalue weighted by Crippen LogP contribution is 2.67. The SMILES string of the molecule is CCCCCCC1C(=CCCC(=O)O)[C@]2(CCCCCC)CC[C@H](O)[C@@H](C#CC(O)C3CCCCC3)[C@H]12. The van der Waals surface area contributed by atoms with Gasteiger partial charge in [0.15, 0.2) is 0 Å². The molecule has 3 fully saturated rings. The second kappa shape index (κ2) is 15.3. The molecule has 4 nitrogen and oxygen atoms in total. The van der Waals surface area contributed by atoms with Crippen LogP contribution in [0.5, 0.6) is 0 Å². The van der Waals surface area contributed by atoms with Crippen LogP contribution in [0.2, 0.25) is 0 Å². The van der Waals surface area contributed by atoms with Crippen LogP contribution < -0.4 is 0 Å². The molecule has 3 saturated carbocycles. The molecule has 0 bridgehead atoms. The summed E-state index contributed by atoms with van der Waals surface area (Å²) in [6, 6.07) is 0. The number of hydrogen-bond donors (Lipinski definition) is 3. The Balaban J connectivity index is 1.87. The van der Waals surface area contributed by atoms with Crippen molar-refractivity contribution in [3.05, 3.63) is 11.6 Å². The molecule has 0 saturated heterocycles. The topological polar surface area (TPSA) is 77.8 Å². The van der Waals surface area contributed by atoms with Gasteiger partial charge in [0.2, 0.25) is 0 Å². The van der Waals surface area contributed by atoms with Crippen LogP contribution in [0.1, 0.15) is 136 Å². The van der Waals surface area contributed by atoms with Crippen molar-refractivity contribution < 1.29 is 20.1 Å². The Morgan fingerprint density at radius 1 is 1.03 bits per heavy atom. The van der Waals surface area contributed by atoms with Crippen LogP contribution in [-0.4, -0.2) is 33.5 Å². The molecule has 4 heteroatoms. The number of aliphatic hydroxyl groups excluding tert-OH is 2. The van der Waals surface area contributed by atoms with E-state index >= 15 is 0 Å². The molecule has 0 amide bonds. The molecule has 0 aliphatic heterocycles. The van der Waals surface area contributed by atoms with Crippen LogP contribution in [0.15, 0.2) is 11.6 Å². The number of aliphatic carboxylic acids is 1. The highest BCUT2D eigenvalue weighted by atomic mass is 16.4. The number of hydrogen-bond acceptors (Lipinski definition) is 3. The number of unbranched alkanes of at least 4 members (excludes halogenated alkanes) is 6. The summed E-state index contributed by atoms with van der Waals surface area (Å²) < 4.78 is 0. The first-order valence-corrected chi connectivity index (χ1v) is 15.7. The van der Waals surface area contributed by atoms with Crippen molar-refractivity contribution in [2.45, 2.75) is 148 Å². The summed E-state index contributed by atoms with van der Waals surface area (Å²) in [7, 11) is 0. The van der Waals surface area contributed by atoms with Gasteiger partial charge in [-0.15, -0.1) is 0 Å². The Morgan fingerprint density at radius 3 is 2.41 bits per heavy atom. The summed E-state index contributed by atoms with van der Waals surface area (Å²) in [4.78, 5) is 11.3. The number of rotatable bonds is 14. The van der Waals surface area contributed by atoms with Gasteiger partial charge in [0, 0.05) is 6.42 Å². The summed E-state index contributed by atoms with van der Waals surface area (Å²) in [5.74, 6) is 6.89. The first-order chi connectivity index (χ1) is 17.9. The third-order valence-corrected chi connectivity index (χ3v) is 9.80. The number of carboxylic acids is 1. The van der Waals surface area contributed by atoms with Gasteiger partial charge in [0.1, 0.15) is 6.10 Å². The van der Waals surface area contributed by atoms with Crippen molar-refractivity contribution >= 4 is 5.97 Å². The fraction of sp³-hybridized carbons (Fsp3) is 0.848.